The summed E-state index contributed by atoms with van der Waals surface area (Å²) in [6.45, 7) is 3.07. The molecular formula is C16H24ClNOS. The molecule has 4 heteroatoms. The Morgan fingerprint density at radius 1 is 1.25 bits per heavy atom. The summed E-state index contributed by atoms with van der Waals surface area (Å²) in [4.78, 5) is 0.883. The van der Waals surface area contributed by atoms with Gasteiger partial charge in [-0.1, -0.05) is 37.8 Å². The molecule has 1 fully saturated rings. The van der Waals surface area contributed by atoms with Crippen molar-refractivity contribution in [1.82, 2.24) is 5.32 Å². The van der Waals surface area contributed by atoms with Crippen LogP contribution in [0.25, 0.3) is 0 Å². The van der Waals surface area contributed by atoms with Crippen LogP contribution in [0.4, 0.5) is 0 Å². The van der Waals surface area contributed by atoms with E-state index in [1.54, 1.807) is 0 Å². The Hall–Kier alpha value is -0.380. The molecule has 1 N–H and O–H groups in total. The minimum Gasteiger partial charge on any atom is -0.313 e. The van der Waals surface area contributed by atoms with Crippen LogP contribution in [0.2, 0.25) is 5.02 Å². The van der Waals surface area contributed by atoms with Crippen molar-refractivity contribution in [3.05, 3.63) is 29.3 Å². The van der Waals surface area contributed by atoms with Crippen molar-refractivity contribution in [2.75, 3.05) is 12.3 Å². The fourth-order valence-electron chi connectivity index (χ4n) is 3.01. The summed E-state index contributed by atoms with van der Waals surface area (Å²) >= 11 is 5.88. The van der Waals surface area contributed by atoms with Gasteiger partial charge in [-0.25, -0.2) is 0 Å². The molecule has 1 aromatic rings. The van der Waals surface area contributed by atoms with Crippen molar-refractivity contribution in [3.8, 4) is 0 Å². The van der Waals surface area contributed by atoms with E-state index in [-0.39, 0.29) is 0 Å². The highest BCUT2D eigenvalue weighted by Gasteiger charge is 2.24. The second kappa shape index (κ2) is 8.16. The third kappa shape index (κ3) is 4.57. The fraction of sp³-hybridized carbons (Fsp3) is 0.625. The highest BCUT2D eigenvalue weighted by atomic mass is 35.5. The second-order valence-electron chi connectivity index (χ2n) is 5.53. The van der Waals surface area contributed by atoms with Crippen molar-refractivity contribution in [3.63, 3.8) is 0 Å². The zero-order valence-electron chi connectivity index (χ0n) is 12.1. The predicted octanol–water partition coefficient (Wildman–Crippen LogP) is 4.01. The first-order chi connectivity index (χ1) is 9.70. The SMILES string of the molecule is CCNC(CS(=O)c1ccc(Cl)cc1)C1CCCCC1. The summed E-state index contributed by atoms with van der Waals surface area (Å²) in [5.74, 6) is 1.39. The number of hydrogen-bond acceptors (Lipinski definition) is 2. The first-order valence-electron chi connectivity index (χ1n) is 7.58. The van der Waals surface area contributed by atoms with Gasteiger partial charge in [0.15, 0.2) is 0 Å². The summed E-state index contributed by atoms with van der Waals surface area (Å²) in [7, 11) is -0.946. The highest BCUT2D eigenvalue weighted by Crippen LogP contribution is 2.27. The second-order valence-corrected chi connectivity index (χ2v) is 7.46. The largest absolute Gasteiger partial charge is 0.313 e. The van der Waals surface area contributed by atoms with Crippen LogP contribution in [-0.4, -0.2) is 22.5 Å². The molecule has 2 nitrogen and oxygen atoms in total. The summed E-state index contributed by atoms with van der Waals surface area (Å²) < 4.78 is 12.5. The molecule has 0 amide bonds. The van der Waals surface area contributed by atoms with E-state index < -0.39 is 10.8 Å². The number of benzene rings is 1. The minimum atomic E-state index is -0.946. The molecule has 0 aromatic heterocycles. The first-order valence-corrected chi connectivity index (χ1v) is 9.27. The van der Waals surface area contributed by atoms with Crippen LogP contribution in [0.15, 0.2) is 29.2 Å². The molecule has 0 saturated heterocycles. The lowest BCUT2D eigenvalue weighted by Gasteiger charge is -2.30. The molecule has 0 bridgehead atoms. The molecule has 112 valence electrons. The summed E-state index contributed by atoms with van der Waals surface area (Å²) in [5, 5.41) is 4.24. The predicted molar refractivity (Wildman–Crippen MR) is 86.8 cm³/mol. The lowest BCUT2D eigenvalue weighted by Crippen LogP contribution is -2.41. The van der Waals surface area contributed by atoms with Gasteiger partial charge < -0.3 is 5.32 Å². The maximum Gasteiger partial charge on any atom is 0.0545 e. The molecule has 1 saturated carbocycles. The molecule has 2 rings (SSSR count). The van der Waals surface area contributed by atoms with Crippen LogP contribution in [0, 0.1) is 5.92 Å². The molecule has 0 radical (unpaired) electrons. The van der Waals surface area contributed by atoms with Gasteiger partial charge in [0.05, 0.1) is 10.8 Å². The van der Waals surface area contributed by atoms with E-state index in [2.05, 4.69) is 12.2 Å². The minimum absolute atomic E-state index is 0.372. The molecule has 20 heavy (non-hydrogen) atoms. The average molecular weight is 314 g/mol. The van der Waals surface area contributed by atoms with Crippen LogP contribution in [0.3, 0.4) is 0 Å². The molecule has 0 aliphatic heterocycles. The van der Waals surface area contributed by atoms with Gasteiger partial charge in [0.1, 0.15) is 0 Å². The van der Waals surface area contributed by atoms with Gasteiger partial charge in [-0.05, 0) is 49.6 Å². The van der Waals surface area contributed by atoms with Crippen molar-refractivity contribution in [1.29, 1.82) is 0 Å². The van der Waals surface area contributed by atoms with E-state index in [1.807, 2.05) is 24.3 Å². The Kier molecular flexibility index (Phi) is 6.53. The molecule has 1 aliphatic carbocycles. The van der Waals surface area contributed by atoms with Crippen LogP contribution in [-0.2, 0) is 10.8 Å². The third-order valence-corrected chi connectivity index (χ3v) is 5.80. The van der Waals surface area contributed by atoms with Crippen LogP contribution >= 0.6 is 11.6 Å². The van der Waals surface area contributed by atoms with Gasteiger partial charge in [-0.3, -0.25) is 4.21 Å². The van der Waals surface area contributed by atoms with Gasteiger partial charge in [0.2, 0.25) is 0 Å². The molecule has 2 atom stereocenters. The van der Waals surface area contributed by atoms with Gasteiger partial charge >= 0.3 is 0 Å². The topological polar surface area (TPSA) is 29.1 Å². The number of halogens is 1. The van der Waals surface area contributed by atoms with Crippen LogP contribution in [0.5, 0.6) is 0 Å². The monoisotopic (exact) mass is 313 g/mol. The molecule has 0 heterocycles. The van der Waals surface area contributed by atoms with E-state index in [9.17, 15) is 4.21 Å². The molecule has 1 aromatic carbocycles. The third-order valence-electron chi connectivity index (χ3n) is 4.09. The van der Waals surface area contributed by atoms with E-state index in [4.69, 9.17) is 11.6 Å². The van der Waals surface area contributed by atoms with E-state index in [0.717, 1.165) is 11.4 Å². The van der Waals surface area contributed by atoms with Gasteiger partial charge in [0.25, 0.3) is 0 Å². The molecule has 1 aliphatic rings. The molecular weight excluding hydrogens is 290 g/mol. The summed E-state index contributed by atoms with van der Waals surface area (Å²) in [6, 6.07) is 7.76. The van der Waals surface area contributed by atoms with Gasteiger partial charge in [0, 0.05) is 21.7 Å². The maximum absolute atomic E-state index is 12.5. The van der Waals surface area contributed by atoms with Gasteiger partial charge in [-0.2, -0.15) is 0 Å². The zero-order valence-corrected chi connectivity index (χ0v) is 13.7. The Balaban J connectivity index is 1.99. The number of nitrogens with one attached hydrogen (secondary N) is 1. The van der Waals surface area contributed by atoms with Crippen LogP contribution < -0.4 is 5.32 Å². The number of hydrogen-bond donors (Lipinski definition) is 1. The first kappa shape index (κ1) is 16.0. The van der Waals surface area contributed by atoms with Crippen molar-refractivity contribution in [2.45, 2.75) is 50.0 Å². The Morgan fingerprint density at radius 3 is 2.50 bits per heavy atom. The smallest absolute Gasteiger partial charge is 0.0545 e. The molecule has 0 spiro atoms. The standard InChI is InChI=1S/C16H24ClNOS/c1-2-18-16(13-6-4-3-5-7-13)12-20(19)15-10-8-14(17)9-11-15/h8-11,13,16,18H,2-7,12H2,1H3. The molecule has 2 unspecified atom stereocenters. The van der Waals surface area contributed by atoms with E-state index in [1.165, 1.54) is 32.1 Å². The highest BCUT2D eigenvalue weighted by molar-refractivity contribution is 7.85. The summed E-state index contributed by atoms with van der Waals surface area (Å²) in [6.07, 6.45) is 6.54. The van der Waals surface area contributed by atoms with E-state index in [0.29, 0.717) is 22.7 Å². The lowest BCUT2D eigenvalue weighted by atomic mass is 9.84. The van der Waals surface area contributed by atoms with E-state index >= 15 is 0 Å². The summed E-state index contributed by atoms with van der Waals surface area (Å²) in [5.41, 5.74) is 0. The normalized spacial score (nSPS) is 19.7. The fourth-order valence-corrected chi connectivity index (χ4v) is 4.48. The Morgan fingerprint density at radius 2 is 1.90 bits per heavy atom. The number of rotatable bonds is 6. The average Bonchev–Trinajstić information content (AvgIpc) is 2.48. The van der Waals surface area contributed by atoms with Gasteiger partial charge in [-0.15, -0.1) is 0 Å². The Labute approximate surface area is 129 Å². The van der Waals surface area contributed by atoms with Crippen molar-refractivity contribution >= 4 is 22.4 Å². The maximum atomic E-state index is 12.5. The Bertz CT molecular complexity index is 429. The van der Waals surface area contributed by atoms with Crippen molar-refractivity contribution in [2.24, 2.45) is 5.92 Å². The van der Waals surface area contributed by atoms with Crippen molar-refractivity contribution < 1.29 is 4.21 Å². The van der Waals surface area contributed by atoms with Crippen LogP contribution in [0.1, 0.15) is 39.0 Å². The lowest BCUT2D eigenvalue weighted by molar-refractivity contribution is 0.287. The quantitative estimate of drug-likeness (QED) is 0.860. The zero-order chi connectivity index (χ0) is 14.4.